The van der Waals surface area contributed by atoms with Crippen LogP contribution >= 0.6 is 0 Å². The molecule has 0 aliphatic heterocycles. The molecule has 92 valence electrons. The number of aromatic nitrogens is 3. The van der Waals surface area contributed by atoms with Gasteiger partial charge in [-0.3, -0.25) is 10.1 Å². The molecule has 2 rings (SSSR count). The number of rotatable bonds is 3. The second-order valence-corrected chi connectivity index (χ2v) is 3.27. The maximum Gasteiger partial charge on any atom is 0.261 e. The third kappa shape index (κ3) is 2.57. The molecule has 0 spiro atoms. The second kappa shape index (κ2) is 5.17. The van der Waals surface area contributed by atoms with Gasteiger partial charge in [-0.05, 0) is 12.1 Å². The fraction of sp³-hybridized carbons (Fsp3) is 0.0909. The Kier molecular flexibility index (Phi) is 3.42. The van der Waals surface area contributed by atoms with Crippen molar-refractivity contribution in [3.05, 3.63) is 42.0 Å². The molecule has 1 heterocycles. The van der Waals surface area contributed by atoms with Crippen molar-refractivity contribution in [1.82, 2.24) is 15.2 Å². The van der Waals surface area contributed by atoms with Gasteiger partial charge in [0.2, 0.25) is 5.95 Å². The van der Waals surface area contributed by atoms with Crippen LogP contribution in [0.5, 0.6) is 5.75 Å². The first-order chi connectivity index (χ1) is 8.70. The minimum atomic E-state index is -0.684. The number of carbonyl (C=O) groups excluding carboxylic acids is 1. The molecule has 0 aliphatic carbocycles. The van der Waals surface area contributed by atoms with Gasteiger partial charge in [-0.1, -0.05) is 0 Å². The zero-order valence-corrected chi connectivity index (χ0v) is 9.42. The Morgan fingerprint density at radius 2 is 2.22 bits per heavy atom. The highest BCUT2D eigenvalue weighted by atomic mass is 19.1. The zero-order chi connectivity index (χ0) is 13.0. The summed E-state index contributed by atoms with van der Waals surface area (Å²) in [5.41, 5.74) is -0.122. The van der Waals surface area contributed by atoms with Gasteiger partial charge in [0.05, 0.1) is 25.1 Å². The SMILES string of the molecule is COc1ccc(C(=O)Nc2nccnn2)c(F)c1. The number of amides is 1. The molecular weight excluding hydrogens is 239 g/mol. The topological polar surface area (TPSA) is 77.0 Å². The standard InChI is InChI=1S/C11H9FN4O2/c1-18-7-2-3-8(9(12)6-7)10(17)15-11-13-4-5-14-16-11/h2-6H,1H3,(H,13,15,16,17). The predicted molar refractivity (Wildman–Crippen MR) is 60.7 cm³/mol. The highest BCUT2D eigenvalue weighted by molar-refractivity contribution is 6.03. The minimum absolute atomic E-state index is 0.0118. The molecule has 0 bridgehead atoms. The van der Waals surface area contributed by atoms with Crippen LogP contribution in [0, 0.1) is 5.82 Å². The Bertz CT molecular complexity index is 562. The van der Waals surface area contributed by atoms with E-state index in [4.69, 9.17) is 4.74 Å². The van der Waals surface area contributed by atoms with E-state index in [1.165, 1.54) is 31.6 Å². The lowest BCUT2D eigenvalue weighted by Crippen LogP contribution is -2.16. The zero-order valence-electron chi connectivity index (χ0n) is 9.42. The van der Waals surface area contributed by atoms with Gasteiger partial charge in [0.25, 0.3) is 5.91 Å². The van der Waals surface area contributed by atoms with E-state index < -0.39 is 11.7 Å². The Morgan fingerprint density at radius 1 is 1.39 bits per heavy atom. The van der Waals surface area contributed by atoms with Crippen LogP contribution in [0.25, 0.3) is 0 Å². The Labute approximate surface area is 102 Å². The summed E-state index contributed by atoms with van der Waals surface area (Å²) in [6.07, 6.45) is 2.73. The van der Waals surface area contributed by atoms with Crippen LogP contribution in [-0.2, 0) is 0 Å². The lowest BCUT2D eigenvalue weighted by Gasteiger charge is -2.05. The van der Waals surface area contributed by atoms with Crippen LogP contribution < -0.4 is 10.1 Å². The second-order valence-electron chi connectivity index (χ2n) is 3.27. The number of nitrogens with zero attached hydrogens (tertiary/aromatic N) is 3. The van der Waals surface area contributed by atoms with E-state index in [0.717, 1.165) is 6.07 Å². The number of hydrogen-bond donors (Lipinski definition) is 1. The summed E-state index contributed by atoms with van der Waals surface area (Å²) >= 11 is 0. The van der Waals surface area contributed by atoms with Gasteiger partial charge in [0.15, 0.2) is 0 Å². The first-order valence-electron chi connectivity index (χ1n) is 4.99. The van der Waals surface area contributed by atoms with Crippen molar-refractivity contribution < 1.29 is 13.9 Å². The largest absolute Gasteiger partial charge is 0.497 e. The molecule has 0 atom stereocenters. The number of nitrogens with one attached hydrogen (secondary N) is 1. The third-order valence-corrected chi connectivity index (χ3v) is 2.13. The van der Waals surface area contributed by atoms with Gasteiger partial charge < -0.3 is 4.74 Å². The van der Waals surface area contributed by atoms with E-state index >= 15 is 0 Å². The molecule has 7 heteroatoms. The van der Waals surface area contributed by atoms with Crippen LogP contribution in [0.4, 0.5) is 10.3 Å². The molecule has 0 saturated heterocycles. The van der Waals surface area contributed by atoms with Crippen molar-refractivity contribution in [2.75, 3.05) is 12.4 Å². The normalized spacial score (nSPS) is 9.89. The van der Waals surface area contributed by atoms with Crippen LogP contribution in [0.15, 0.2) is 30.6 Å². The minimum Gasteiger partial charge on any atom is -0.497 e. The van der Waals surface area contributed by atoms with Crippen molar-refractivity contribution in [3.8, 4) is 5.75 Å². The highest BCUT2D eigenvalue weighted by Gasteiger charge is 2.13. The number of hydrogen-bond acceptors (Lipinski definition) is 5. The maximum absolute atomic E-state index is 13.6. The van der Waals surface area contributed by atoms with E-state index in [-0.39, 0.29) is 11.5 Å². The maximum atomic E-state index is 13.6. The number of ether oxygens (including phenoxy) is 1. The summed E-state index contributed by atoms with van der Waals surface area (Å²) in [5.74, 6) is -0.988. The van der Waals surface area contributed by atoms with Crippen LogP contribution in [0.2, 0.25) is 0 Å². The van der Waals surface area contributed by atoms with Crippen molar-refractivity contribution in [1.29, 1.82) is 0 Å². The number of methoxy groups -OCH3 is 1. The molecule has 0 aliphatic rings. The lowest BCUT2D eigenvalue weighted by molar-refractivity contribution is 0.102. The summed E-state index contributed by atoms with van der Waals surface area (Å²) in [6.45, 7) is 0. The number of halogens is 1. The van der Waals surface area contributed by atoms with Gasteiger partial charge >= 0.3 is 0 Å². The van der Waals surface area contributed by atoms with Gasteiger partial charge in [0.1, 0.15) is 11.6 Å². The molecule has 1 amide bonds. The van der Waals surface area contributed by atoms with Gasteiger partial charge in [-0.25, -0.2) is 9.37 Å². The van der Waals surface area contributed by atoms with Crippen LogP contribution in [-0.4, -0.2) is 28.2 Å². The van der Waals surface area contributed by atoms with Crippen molar-refractivity contribution in [2.24, 2.45) is 0 Å². The molecule has 0 fully saturated rings. The molecule has 0 radical (unpaired) electrons. The van der Waals surface area contributed by atoms with Crippen molar-refractivity contribution in [3.63, 3.8) is 0 Å². The molecule has 0 unspecified atom stereocenters. The molecule has 6 nitrogen and oxygen atoms in total. The number of anilines is 1. The van der Waals surface area contributed by atoms with E-state index in [1.807, 2.05) is 0 Å². The van der Waals surface area contributed by atoms with E-state index in [0.29, 0.717) is 5.75 Å². The molecule has 18 heavy (non-hydrogen) atoms. The monoisotopic (exact) mass is 248 g/mol. The Balaban J connectivity index is 2.19. The van der Waals surface area contributed by atoms with E-state index in [2.05, 4.69) is 20.5 Å². The summed E-state index contributed by atoms with van der Waals surface area (Å²) in [4.78, 5) is 15.5. The van der Waals surface area contributed by atoms with Gasteiger partial charge in [0, 0.05) is 6.07 Å². The van der Waals surface area contributed by atoms with Gasteiger partial charge in [-0.2, -0.15) is 5.10 Å². The lowest BCUT2D eigenvalue weighted by atomic mass is 10.2. The highest BCUT2D eigenvalue weighted by Crippen LogP contribution is 2.16. The molecular formula is C11H9FN4O2. The average Bonchev–Trinajstić information content (AvgIpc) is 2.39. The van der Waals surface area contributed by atoms with Crippen molar-refractivity contribution in [2.45, 2.75) is 0 Å². The quantitative estimate of drug-likeness (QED) is 0.885. The Morgan fingerprint density at radius 3 is 2.83 bits per heavy atom. The van der Waals surface area contributed by atoms with Crippen LogP contribution in [0.1, 0.15) is 10.4 Å². The van der Waals surface area contributed by atoms with E-state index in [1.54, 1.807) is 0 Å². The number of benzene rings is 1. The predicted octanol–water partition coefficient (Wildman–Crippen LogP) is 1.27. The number of carbonyl (C=O) groups is 1. The fourth-order valence-electron chi connectivity index (χ4n) is 1.28. The summed E-state index contributed by atoms with van der Waals surface area (Å²) in [5, 5.41) is 9.44. The molecule has 2 aromatic rings. The van der Waals surface area contributed by atoms with Crippen molar-refractivity contribution >= 4 is 11.9 Å². The summed E-state index contributed by atoms with van der Waals surface area (Å²) < 4.78 is 18.4. The molecule has 1 N–H and O–H groups in total. The average molecular weight is 248 g/mol. The summed E-state index contributed by atoms with van der Waals surface area (Å²) in [7, 11) is 1.41. The molecule has 1 aromatic heterocycles. The van der Waals surface area contributed by atoms with Gasteiger partial charge in [-0.15, -0.1) is 5.10 Å². The van der Waals surface area contributed by atoms with Crippen LogP contribution in [0.3, 0.4) is 0 Å². The first kappa shape index (κ1) is 11.9. The molecule has 0 saturated carbocycles. The first-order valence-corrected chi connectivity index (χ1v) is 4.99. The third-order valence-electron chi connectivity index (χ3n) is 2.13. The summed E-state index contributed by atoms with van der Waals surface area (Å²) in [6, 6.07) is 3.93. The van der Waals surface area contributed by atoms with E-state index in [9.17, 15) is 9.18 Å². The molecule has 1 aromatic carbocycles. The Hall–Kier alpha value is -2.57. The smallest absolute Gasteiger partial charge is 0.261 e. The fourth-order valence-corrected chi connectivity index (χ4v) is 1.28.